The number of piperidine rings is 1. The quantitative estimate of drug-likeness (QED) is 0.314. The Morgan fingerprint density at radius 1 is 1.12 bits per heavy atom. The molecule has 1 aromatic carbocycles. The second-order valence-electron chi connectivity index (χ2n) is 8.89. The molecule has 1 atom stereocenters. The molecule has 6 nitrogen and oxygen atoms in total. The van der Waals surface area contributed by atoms with Crippen LogP contribution in [0.5, 0.6) is 0 Å². The number of benzene rings is 1. The molecule has 0 spiro atoms. The van der Waals surface area contributed by atoms with Gasteiger partial charge in [0.2, 0.25) is 5.91 Å². The molecule has 2 saturated heterocycles. The lowest BCUT2D eigenvalue weighted by molar-refractivity contribution is -0.132. The lowest BCUT2D eigenvalue weighted by Gasteiger charge is -2.32. The van der Waals surface area contributed by atoms with Gasteiger partial charge in [-0.1, -0.05) is 51.5 Å². The van der Waals surface area contributed by atoms with E-state index in [0.29, 0.717) is 24.9 Å². The maximum absolute atomic E-state index is 12.7. The van der Waals surface area contributed by atoms with Gasteiger partial charge in [0.1, 0.15) is 12.5 Å². The van der Waals surface area contributed by atoms with Gasteiger partial charge < -0.3 is 9.47 Å². The Bertz CT molecular complexity index is 1140. The highest BCUT2D eigenvalue weighted by Gasteiger charge is 2.26. The minimum Gasteiger partial charge on any atom is -0.343 e. The van der Waals surface area contributed by atoms with Crippen molar-refractivity contribution >= 4 is 49.0 Å². The summed E-state index contributed by atoms with van der Waals surface area (Å²) < 4.78 is 4.94. The summed E-state index contributed by atoms with van der Waals surface area (Å²) in [6, 6.07) is 7.93. The molecule has 0 N–H and O–H groups in total. The molecule has 0 radical (unpaired) electrons. The van der Waals surface area contributed by atoms with E-state index in [0.717, 1.165) is 60.1 Å². The van der Waals surface area contributed by atoms with Crippen LogP contribution in [-0.4, -0.2) is 49.0 Å². The van der Waals surface area contributed by atoms with Crippen molar-refractivity contribution in [1.29, 1.82) is 0 Å². The third-order valence-electron chi connectivity index (χ3n) is 6.72. The van der Waals surface area contributed by atoms with Crippen LogP contribution in [0.15, 0.2) is 41.5 Å². The number of rotatable bonds is 8. The first-order valence-electron chi connectivity index (χ1n) is 11.8. The second-order valence-corrected chi connectivity index (χ2v) is 12.7. The predicted molar refractivity (Wildman–Crippen MR) is 139 cm³/mol. The number of hydrogen-bond acceptors (Lipinski definition) is 6. The molecule has 0 bridgehead atoms. The average molecular weight is 503 g/mol. The number of nitrogens with zero attached hydrogens (tertiary/aromatic N) is 4. The average Bonchev–Trinajstić information content (AvgIpc) is 3.58. The third-order valence-corrected chi connectivity index (χ3v) is 10.7. The highest BCUT2D eigenvalue weighted by molar-refractivity contribution is 8.77. The van der Waals surface area contributed by atoms with Gasteiger partial charge in [-0.2, -0.15) is 0 Å². The Balaban J connectivity index is 1.14. The zero-order valence-electron chi connectivity index (χ0n) is 18.7. The van der Waals surface area contributed by atoms with Crippen LogP contribution in [0.1, 0.15) is 56.7 Å². The van der Waals surface area contributed by atoms with Crippen molar-refractivity contribution in [2.45, 2.75) is 62.8 Å². The molecule has 2 aliphatic heterocycles. The topological polar surface area (TPSA) is 60.1 Å². The van der Waals surface area contributed by atoms with Crippen LogP contribution < -0.4 is 4.87 Å². The number of fused-ring (bicyclic) bond motifs is 1. The Morgan fingerprint density at radius 2 is 1.97 bits per heavy atom. The maximum atomic E-state index is 12.7. The Labute approximate surface area is 206 Å². The van der Waals surface area contributed by atoms with E-state index in [2.05, 4.69) is 9.55 Å². The molecule has 4 heterocycles. The molecule has 2 fully saturated rings. The van der Waals surface area contributed by atoms with Gasteiger partial charge in [-0.3, -0.25) is 14.2 Å². The summed E-state index contributed by atoms with van der Waals surface area (Å²) in [5, 5.41) is 0.799. The highest BCUT2D eigenvalue weighted by Crippen LogP contribution is 2.40. The number of para-hydroxylation sites is 1. The van der Waals surface area contributed by atoms with Gasteiger partial charge in [0.05, 0.1) is 10.2 Å². The second kappa shape index (κ2) is 10.7. The van der Waals surface area contributed by atoms with E-state index in [1.165, 1.54) is 29.9 Å². The molecule has 2 aliphatic rings. The predicted octanol–water partition coefficient (Wildman–Crippen LogP) is 5.19. The van der Waals surface area contributed by atoms with Crippen molar-refractivity contribution < 1.29 is 4.79 Å². The lowest BCUT2D eigenvalue weighted by Crippen LogP contribution is -2.38. The van der Waals surface area contributed by atoms with E-state index >= 15 is 0 Å². The van der Waals surface area contributed by atoms with Gasteiger partial charge in [0.15, 0.2) is 0 Å². The van der Waals surface area contributed by atoms with Gasteiger partial charge in [0, 0.05) is 48.8 Å². The molecule has 33 heavy (non-hydrogen) atoms. The zero-order chi connectivity index (χ0) is 22.6. The number of carbonyl (C=O) groups excluding carboxylic acids is 1. The molecule has 5 rings (SSSR count). The summed E-state index contributed by atoms with van der Waals surface area (Å²) in [6.07, 6.45) is 11.1. The van der Waals surface area contributed by atoms with Crippen LogP contribution in [0.4, 0.5) is 0 Å². The Hall–Kier alpha value is -1.71. The number of hydrogen-bond donors (Lipinski definition) is 0. The molecular weight excluding hydrogens is 472 g/mol. The largest absolute Gasteiger partial charge is 0.343 e. The summed E-state index contributed by atoms with van der Waals surface area (Å²) in [4.78, 5) is 32.0. The van der Waals surface area contributed by atoms with Crippen LogP contribution in [0.3, 0.4) is 0 Å². The van der Waals surface area contributed by atoms with Crippen LogP contribution >= 0.6 is 32.9 Å². The normalized spacial score (nSPS) is 19.5. The molecule has 9 heteroatoms. The standard InChI is InChI=1S/C24H30N4O2S3/c29-22(8-4-1-5-19-11-16-31-33-19)26-13-9-18(10-14-26)23-25-12-15-27(23)17-28-20-6-2-3-7-21(20)32-24(28)30/h2-3,6-7,12,15,18-19H,1,4-5,8-11,13-14,16-17H2. The number of carbonyl (C=O) groups is 1. The van der Waals surface area contributed by atoms with E-state index in [4.69, 9.17) is 0 Å². The van der Waals surface area contributed by atoms with E-state index in [1.54, 1.807) is 0 Å². The van der Waals surface area contributed by atoms with Gasteiger partial charge >= 0.3 is 4.87 Å². The van der Waals surface area contributed by atoms with Crippen molar-refractivity contribution in [3.63, 3.8) is 0 Å². The lowest BCUT2D eigenvalue weighted by atomic mass is 9.95. The smallest absolute Gasteiger partial charge is 0.309 e. The number of thiazole rings is 1. The first-order valence-corrected chi connectivity index (χ1v) is 15.0. The first kappa shape index (κ1) is 23.1. The maximum Gasteiger partial charge on any atom is 0.309 e. The van der Waals surface area contributed by atoms with Gasteiger partial charge in [-0.15, -0.1) is 0 Å². The number of likely N-dealkylation sites (tertiary alicyclic amines) is 1. The van der Waals surface area contributed by atoms with Crippen LogP contribution in [0, 0.1) is 0 Å². The number of aromatic nitrogens is 3. The summed E-state index contributed by atoms with van der Waals surface area (Å²) in [5.74, 6) is 2.93. The molecular formula is C24H30N4O2S3. The van der Waals surface area contributed by atoms with Crippen LogP contribution in [0.25, 0.3) is 10.2 Å². The van der Waals surface area contributed by atoms with E-state index in [-0.39, 0.29) is 4.87 Å². The van der Waals surface area contributed by atoms with Gasteiger partial charge in [-0.05, 0) is 44.2 Å². The van der Waals surface area contributed by atoms with Gasteiger partial charge in [-0.25, -0.2) is 4.98 Å². The minimum absolute atomic E-state index is 0.0570. The molecule has 176 valence electrons. The molecule has 1 amide bonds. The zero-order valence-corrected chi connectivity index (χ0v) is 21.2. The fraction of sp³-hybridized carbons (Fsp3) is 0.542. The third kappa shape index (κ3) is 5.35. The SMILES string of the molecule is O=C(CCCCC1CCSS1)N1CCC(c2nccn2Cn2c(=O)sc3ccccc32)CC1. The summed E-state index contributed by atoms with van der Waals surface area (Å²) in [6.45, 7) is 2.08. The fourth-order valence-electron chi connectivity index (χ4n) is 4.86. The van der Waals surface area contributed by atoms with E-state index in [9.17, 15) is 9.59 Å². The minimum atomic E-state index is 0.0570. The summed E-state index contributed by atoms with van der Waals surface area (Å²) in [7, 11) is 4.02. The van der Waals surface area contributed by atoms with Gasteiger partial charge in [0.25, 0.3) is 0 Å². The Morgan fingerprint density at radius 3 is 2.79 bits per heavy atom. The van der Waals surface area contributed by atoms with E-state index < -0.39 is 0 Å². The molecule has 1 unspecified atom stereocenters. The van der Waals surface area contributed by atoms with Crippen LogP contribution in [0.2, 0.25) is 0 Å². The van der Waals surface area contributed by atoms with Crippen molar-refractivity contribution in [3.8, 4) is 0 Å². The van der Waals surface area contributed by atoms with Crippen molar-refractivity contribution in [2.75, 3.05) is 18.8 Å². The van der Waals surface area contributed by atoms with Crippen molar-refractivity contribution in [1.82, 2.24) is 19.0 Å². The number of imidazole rings is 1. The Kier molecular flexibility index (Phi) is 7.47. The fourth-order valence-corrected chi connectivity index (χ4v) is 8.77. The van der Waals surface area contributed by atoms with Crippen molar-refractivity contribution in [3.05, 3.63) is 52.2 Å². The molecule has 0 saturated carbocycles. The summed E-state index contributed by atoms with van der Waals surface area (Å²) >= 11 is 1.29. The highest BCUT2D eigenvalue weighted by atomic mass is 33.1. The molecule has 0 aliphatic carbocycles. The first-order chi connectivity index (χ1) is 16.2. The van der Waals surface area contributed by atoms with E-state index in [1.807, 2.05) is 67.7 Å². The monoisotopic (exact) mass is 502 g/mol. The number of amides is 1. The summed E-state index contributed by atoms with van der Waals surface area (Å²) in [5.41, 5.74) is 0.970. The van der Waals surface area contributed by atoms with Crippen molar-refractivity contribution in [2.24, 2.45) is 0 Å². The van der Waals surface area contributed by atoms with Crippen LogP contribution in [-0.2, 0) is 11.5 Å². The molecule has 2 aromatic heterocycles. The molecule has 3 aromatic rings. The number of unbranched alkanes of at least 4 members (excludes halogenated alkanes) is 1.